The van der Waals surface area contributed by atoms with Crippen molar-refractivity contribution in [3.8, 4) is 0 Å². The molecule has 0 aliphatic carbocycles. The average molecular weight is 390 g/mol. The van der Waals surface area contributed by atoms with Crippen molar-refractivity contribution in [1.29, 1.82) is 0 Å². The van der Waals surface area contributed by atoms with Gasteiger partial charge >= 0.3 is 11.4 Å². The lowest BCUT2D eigenvalue weighted by atomic mass is 10.2. The highest BCUT2D eigenvalue weighted by Crippen LogP contribution is 2.14. The van der Waals surface area contributed by atoms with Gasteiger partial charge in [0.15, 0.2) is 0 Å². The van der Waals surface area contributed by atoms with Crippen LogP contribution in [0.5, 0.6) is 0 Å². The highest BCUT2D eigenvalue weighted by Gasteiger charge is 2.17. The minimum Gasteiger partial charge on any atom is -0.316 e. The summed E-state index contributed by atoms with van der Waals surface area (Å²) in [6.07, 6.45) is 1.94. The van der Waals surface area contributed by atoms with E-state index in [1.807, 2.05) is 4.98 Å². The van der Waals surface area contributed by atoms with Gasteiger partial charge in [0, 0.05) is 17.4 Å². The Bertz CT molecular complexity index is 1250. The molecule has 0 spiro atoms. The molecule has 0 fully saturated rings. The van der Waals surface area contributed by atoms with Gasteiger partial charge < -0.3 is 15.3 Å². The van der Waals surface area contributed by atoms with E-state index in [2.05, 4.69) is 15.3 Å². The Kier molecular flexibility index (Phi) is 4.90. The molecule has 0 radical (unpaired) electrons. The largest absolute Gasteiger partial charge is 0.328 e. The first-order valence-electron chi connectivity index (χ1n) is 7.56. The molecule has 0 saturated heterocycles. The van der Waals surface area contributed by atoms with Gasteiger partial charge in [-0.2, -0.15) is 0 Å². The molecule has 0 atom stereocenters. The summed E-state index contributed by atoms with van der Waals surface area (Å²) < 4.78 is 0.813. The van der Waals surface area contributed by atoms with Crippen molar-refractivity contribution in [1.82, 2.24) is 19.5 Å². The van der Waals surface area contributed by atoms with Crippen molar-refractivity contribution < 1.29 is 4.79 Å². The zero-order chi connectivity index (χ0) is 19.6. The van der Waals surface area contributed by atoms with E-state index in [1.54, 1.807) is 24.3 Å². The molecule has 2 heterocycles. The third kappa shape index (κ3) is 3.80. The molecule has 2 aromatic heterocycles. The molecule has 4 N–H and O–H groups in total. The number of aromatic nitrogens is 4. The van der Waals surface area contributed by atoms with Crippen molar-refractivity contribution in [2.45, 2.75) is 6.54 Å². The second kappa shape index (κ2) is 7.30. The molecule has 0 bridgehead atoms. The van der Waals surface area contributed by atoms with Gasteiger partial charge in [-0.15, -0.1) is 0 Å². The van der Waals surface area contributed by atoms with Crippen molar-refractivity contribution in [2.24, 2.45) is 0 Å². The third-order valence-corrected chi connectivity index (χ3v) is 4.03. The van der Waals surface area contributed by atoms with E-state index >= 15 is 0 Å². The van der Waals surface area contributed by atoms with Gasteiger partial charge in [-0.3, -0.25) is 23.9 Å². The first-order valence-corrected chi connectivity index (χ1v) is 7.94. The number of H-pyrrole nitrogens is 3. The van der Waals surface area contributed by atoms with Crippen molar-refractivity contribution in [3.63, 3.8) is 0 Å². The fourth-order valence-corrected chi connectivity index (χ4v) is 2.50. The van der Waals surface area contributed by atoms with Gasteiger partial charge in [0.2, 0.25) is 0 Å². The van der Waals surface area contributed by atoms with Crippen LogP contribution < -0.4 is 27.8 Å². The summed E-state index contributed by atoms with van der Waals surface area (Å²) >= 11 is 6.04. The maximum absolute atomic E-state index is 12.6. The Morgan fingerprint density at radius 3 is 2.52 bits per heavy atom. The number of aromatic amines is 3. The summed E-state index contributed by atoms with van der Waals surface area (Å²) in [6, 6.07) is 6.64. The Balaban J connectivity index is 1.97. The molecule has 1 amide bonds. The second-order valence-electron chi connectivity index (χ2n) is 5.43. The summed E-state index contributed by atoms with van der Waals surface area (Å²) in [5, 5.41) is 2.56. The van der Waals surface area contributed by atoms with Gasteiger partial charge in [-0.05, 0) is 11.6 Å². The number of hydrogen-bond donors (Lipinski definition) is 4. The predicted molar refractivity (Wildman–Crippen MR) is 97.5 cm³/mol. The average Bonchev–Trinajstić information content (AvgIpc) is 2.62. The highest BCUT2D eigenvalue weighted by molar-refractivity contribution is 6.31. The fraction of sp³-hybridized carbons (Fsp3) is 0.0625. The highest BCUT2D eigenvalue weighted by atomic mass is 35.5. The first-order chi connectivity index (χ1) is 12.9. The number of hydrogen-bond acceptors (Lipinski definition) is 5. The summed E-state index contributed by atoms with van der Waals surface area (Å²) in [7, 11) is 0. The summed E-state index contributed by atoms with van der Waals surface area (Å²) in [5.41, 5.74) is -3.32. The van der Waals surface area contributed by atoms with Crippen LogP contribution in [0.1, 0.15) is 15.9 Å². The molecule has 11 heteroatoms. The minimum atomic E-state index is -0.929. The van der Waals surface area contributed by atoms with Crippen molar-refractivity contribution >= 4 is 23.2 Å². The standard InChI is InChI=1S/C16H12ClN5O5/c17-10-4-2-1-3-8(10)7-22-14(25)9(5-19-16(22)27)12(23)20-11-6-18-15(26)21-13(11)24/h1-6H,7H2,(H,19,27)(H,20,23)(H2,18,21,24,26). The van der Waals surface area contributed by atoms with Gasteiger partial charge in [-0.25, -0.2) is 9.59 Å². The van der Waals surface area contributed by atoms with Crippen LogP contribution >= 0.6 is 11.6 Å². The number of benzene rings is 1. The van der Waals surface area contributed by atoms with Crippen LogP contribution in [0.3, 0.4) is 0 Å². The van der Waals surface area contributed by atoms with Crippen LogP contribution in [0.15, 0.2) is 55.8 Å². The molecular weight excluding hydrogens is 378 g/mol. The molecule has 3 rings (SSSR count). The van der Waals surface area contributed by atoms with Crippen LogP contribution in [-0.2, 0) is 6.54 Å². The van der Waals surface area contributed by atoms with Crippen LogP contribution in [0.25, 0.3) is 0 Å². The number of amides is 1. The number of anilines is 1. The second-order valence-corrected chi connectivity index (χ2v) is 5.84. The monoisotopic (exact) mass is 389 g/mol. The Hall–Kier alpha value is -3.66. The van der Waals surface area contributed by atoms with Crippen molar-refractivity contribution in [3.05, 3.63) is 94.5 Å². The molecule has 10 nitrogen and oxygen atoms in total. The van der Waals surface area contributed by atoms with E-state index in [0.29, 0.717) is 10.6 Å². The topological polar surface area (TPSA) is 150 Å². The van der Waals surface area contributed by atoms with Crippen LogP contribution in [-0.4, -0.2) is 25.4 Å². The molecule has 0 aliphatic rings. The number of carbonyl (C=O) groups excluding carboxylic acids is 1. The quantitative estimate of drug-likeness (QED) is 0.490. The summed E-state index contributed by atoms with van der Waals surface area (Å²) in [6.45, 7) is -0.145. The third-order valence-electron chi connectivity index (χ3n) is 3.66. The molecule has 1 aromatic carbocycles. The lowest BCUT2D eigenvalue weighted by Gasteiger charge is -2.09. The maximum Gasteiger partial charge on any atom is 0.328 e. The summed E-state index contributed by atoms with van der Waals surface area (Å²) in [5.74, 6) is -0.929. The Morgan fingerprint density at radius 1 is 1.07 bits per heavy atom. The molecule has 0 saturated carbocycles. The van der Waals surface area contributed by atoms with Gasteiger partial charge in [0.25, 0.3) is 17.0 Å². The zero-order valence-corrected chi connectivity index (χ0v) is 14.3. The fourth-order valence-electron chi connectivity index (χ4n) is 2.31. The van der Waals surface area contributed by atoms with Gasteiger partial charge in [0.05, 0.1) is 6.54 Å². The molecule has 27 heavy (non-hydrogen) atoms. The van der Waals surface area contributed by atoms with Gasteiger partial charge in [-0.1, -0.05) is 29.8 Å². The lowest BCUT2D eigenvalue weighted by molar-refractivity contribution is 0.102. The van der Waals surface area contributed by atoms with Crippen LogP contribution in [0.2, 0.25) is 5.02 Å². The smallest absolute Gasteiger partial charge is 0.316 e. The number of nitrogens with one attached hydrogen (secondary N) is 4. The zero-order valence-electron chi connectivity index (χ0n) is 13.5. The number of rotatable bonds is 4. The molecular formula is C16H12ClN5O5. The van der Waals surface area contributed by atoms with E-state index in [-0.39, 0.29) is 12.2 Å². The van der Waals surface area contributed by atoms with Gasteiger partial charge in [0.1, 0.15) is 11.3 Å². The first kappa shape index (κ1) is 18.1. The lowest BCUT2D eigenvalue weighted by Crippen LogP contribution is -2.40. The molecule has 3 aromatic rings. The molecule has 138 valence electrons. The van der Waals surface area contributed by atoms with Crippen molar-refractivity contribution in [2.75, 3.05) is 5.32 Å². The minimum absolute atomic E-state index is 0.145. The van der Waals surface area contributed by atoms with E-state index < -0.39 is 34.0 Å². The number of nitrogens with zero attached hydrogens (tertiary/aromatic N) is 1. The SMILES string of the molecule is O=C(Nc1c[nH]c(=O)[nH]c1=O)c1c[nH]c(=O)n(Cc2ccccc2Cl)c1=O. The Labute approximate surface area is 154 Å². The van der Waals surface area contributed by atoms with E-state index in [0.717, 1.165) is 17.0 Å². The van der Waals surface area contributed by atoms with Crippen LogP contribution in [0, 0.1) is 0 Å². The van der Waals surface area contributed by atoms with E-state index in [1.165, 1.54) is 0 Å². The number of carbonyl (C=O) groups is 1. The molecule has 0 aliphatic heterocycles. The summed E-state index contributed by atoms with van der Waals surface area (Å²) in [4.78, 5) is 66.0. The molecule has 0 unspecified atom stereocenters. The number of halogens is 1. The predicted octanol–water partition coefficient (Wildman–Crippen LogP) is -0.133. The van der Waals surface area contributed by atoms with Crippen LogP contribution in [0.4, 0.5) is 5.69 Å². The maximum atomic E-state index is 12.6. The normalized spacial score (nSPS) is 10.6. The van der Waals surface area contributed by atoms with E-state index in [9.17, 15) is 24.0 Å². The van der Waals surface area contributed by atoms with E-state index in [4.69, 9.17) is 11.6 Å². The Morgan fingerprint density at radius 2 is 1.81 bits per heavy atom.